The molecule has 2 aromatic rings. The van der Waals surface area contributed by atoms with Crippen molar-refractivity contribution in [2.24, 2.45) is 23.2 Å². The number of aliphatic hydroxyl groups is 1. The number of aliphatic hydroxyl groups excluding tert-OH is 1. The van der Waals surface area contributed by atoms with Crippen LogP contribution in [0.4, 0.5) is 0 Å². The van der Waals surface area contributed by atoms with Crippen molar-refractivity contribution < 1.29 is 9.90 Å². The van der Waals surface area contributed by atoms with Gasteiger partial charge < -0.3 is 15.0 Å². The Balaban J connectivity index is 1.40. The smallest absolute Gasteiger partial charge is 0.225 e. The second kappa shape index (κ2) is 8.19. The zero-order chi connectivity index (χ0) is 21.8. The van der Waals surface area contributed by atoms with E-state index in [4.69, 9.17) is 4.98 Å². The van der Waals surface area contributed by atoms with Crippen molar-refractivity contribution in [3.8, 4) is 10.7 Å². The number of thioether (sulfide) groups is 1. The number of H-pyrrole nitrogens is 1. The SMILES string of the molecule is C[C@H](C(=O)N1CCSCC1)[C@H]1CC[C@@]2(C)Cc3sc(-c4cnc[nH]4)nc3[C@@H](C)[C@@H]2[C@H]1O. The Bertz CT molecular complexity index is 940. The number of fused-ring (bicyclic) bond motifs is 2. The minimum absolute atomic E-state index is 0.0230. The van der Waals surface area contributed by atoms with Crippen LogP contribution in [0.1, 0.15) is 50.1 Å². The van der Waals surface area contributed by atoms with Crippen LogP contribution in [0.2, 0.25) is 0 Å². The van der Waals surface area contributed by atoms with Gasteiger partial charge in [0.2, 0.25) is 5.91 Å². The summed E-state index contributed by atoms with van der Waals surface area (Å²) in [5.74, 6) is 2.47. The maximum atomic E-state index is 13.2. The molecule has 6 nitrogen and oxygen atoms in total. The van der Waals surface area contributed by atoms with Gasteiger partial charge in [0.1, 0.15) is 5.01 Å². The van der Waals surface area contributed by atoms with Gasteiger partial charge in [-0.3, -0.25) is 4.79 Å². The molecule has 0 bridgehead atoms. The van der Waals surface area contributed by atoms with Crippen LogP contribution < -0.4 is 0 Å². The highest BCUT2D eigenvalue weighted by Gasteiger charge is 2.54. The molecule has 1 amide bonds. The molecule has 0 aromatic carbocycles. The molecule has 1 saturated heterocycles. The molecule has 0 radical (unpaired) electrons. The van der Waals surface area contributed by atoms with E-state index in [-0.39, 0.29) is 35.0 Å². The highest BCUT2D eigenvalue weighted by Crippen LogP contribution is 2.57. The third kappa shape index (κ3) is 3.64. The monoisotopic (exact) mass is 460 g/mol. The number of thiazole rings is 1. The van der Waals surface area contributed by atoms with E-state index in [1.54, 1.807) is 17.7 Å². The second-order valence-electron chi connectivity index (χ2n) is 9.86. The predicted molar refractivity (Wildman–Crippen MR) is 125 cm³/mol. The third-order valence-corrected chi connectivity index (χ3v) is 10.1. The van der Waals surface area contributed by atoms with E-state index in [2.05, 4.69) is 23.8 Å². The van der Waals surface area contributed by atoms with Crippen molar-refractivity contribution in [1.82, 2.24) is 19.9 Å². The van der Waals surface area contributed by atoms with Crippen LogP contribution in [0, 0.1) is 23.2 Å². The van der Waals surface area contributed by atoms with E-state index < -0.39 is 6.10 Å². The van der Waals surface area contributed by atoms with E-state index in [9.17, 15) is 9.90 Å². The summed E-state index contributed by atoms with van der Waals surface area (Å²) in [5, 5.41) is 12.6. The molecule has 2 N–H and O–H groups in total. The van der Waals surface area contributed by atoms with Crippen LogP contribution in [0.5, 0.6) is 0 Å². The van der Waals surface area contributed by atoms with Crippen molar-refractivity contribution in [2.75, 3.05) is 24.6 Å². The summed E-state index contributed by atoms with van der Waals surface area (Å²) in [5.41, 5.74) is 2.13. The van der Waals surface area contributed by atoms with Gasteiger partial charge in [0.05, 0.1) is 30.0 Å². The number of hydrogen-bond acceptors (Lipinski definition) is 6. The largest absolute Gasteiger partial charge is 0.392 e. The molecule has 31 heavy (non-hydrogen) atoms. The summed E-state index contributed by atoms with van der Waals surface area (Å²) >= 11 is 3.67. The molecular weight excluding hydrogens is 428 g/mol. The topological polar surface area (TPSA) is 82.1 Å². The Kier molecular flexibility index (Phi) is 5.67. The maximum Gasteiger partial charge on any atom is 0.225 e. The first-order chi connectivity index (χ1) is 14.9. The van der Waals surface area contributed by atoms with Gasteiger partial charge in [-0.1, -0.05) is 20.8 Å². The molecule has 3 aliphatic rings. The lowest BCUT2D eigenvalue weighted by Crippen LogP contribution is -2.54. The Labute approximate surface area is 192 Å². The van der Waals surface area contributed by atoms with Crippen molar-refractivity contribution in [2.45, 2.75) is 52.1 Å². The summed E-state index contributed by atoms with van der Waals surface area (Å²) in [6, 6.07) is 0. The number of rotatable bonds is 3. The molecule has 2 aliphatic carbocycles. The molecule has 0 unspecified atom stereocenters. The number of aromatic nitrogens is 3. The number of carbonyl (C=O) groups is 1. The first-order valence-corrected chi connectivity index (χ1v) is 13.4. The summed E-state index contributed by atoms with van der Waals surface area (Å²) in [7, 11) is 0. The van der Waals surface area contributed by atoms with Gasteiger partial charge in [0.25, 0.3) is 0 Å². The standard InChI is InChI=1S/C23H32N4O2S2/c1-13(22(29)27-6-8-30-9-7-27)15-4-5-23(3)10-17-19(14(2)18(23)20(15)28)26-21(31-17)16-11-24-12-25-16/h11-15,18,20,28H,4-10H2,1-3H3,(H,24,25)/t13-,14-,15+,18+,20-,23-/m0/s1. The van der Waals surface area contributed by atoms with Crippen LogP contribution >= 0.6 is 23.1 Å². The van der Waals surface area contributed by atoms with E-state index >= 15 is 0 Å². The molecule has 5 rings (SSSR count). The van der Waals surface area contributed by atoms with Gasteiger partial charge >= 0.3 is 0 Å². The lowest BCUT2D eigenvalue weighted by molar-refractivity contribution is -0.144. The van der Waals surface area contributed by atoms with Crippen LogP contribution in [-0.2, 0) is 11.2 Å². The van der Waals surface area contributed by atoms with Crippen molar-refractivity contribution in [3.63, 3.8) is 0 Å². The summed E-state index contributed by atoms with van der Waals surface area (Å²) in [6.45, 7) is 8.27. The number of aromatic amines is 1. The molecular formula is C23H32N4O2S2. The molecule has 3 heterocycles. The minimum Gasteiger partial charge on any atom is -0.392 e. The average molecular weight is 461 g/mol. The highest BCUT2D eigenvalue weighted by atomic mass is 32.2. The summed E-state index contributed by atoms with van der Waals surface area (Å²) in [4.78, 5) is 28.8. The van der Waals surface area contributed by atoms with Crippen molar-refractivity contribution in [3.05, 3.63) is 23.1 Å². The molecule has 1 aliphatic heterocycles. The summed E-state index contributed by atoms with van der Waals surface area (Å²) in [6.07, 6.45) is 5.96. The predicted octanol–water partition coefficient (Wildman–Crippen LogP) is 3.80. The fraction of sp³-hybridized carbons (Fsp3) is 0.696. The van der Waals surface area contributed by atoms with Crippen molar-refractivity contribution in [1.29, 1.82) is 0 Å². The number of amides is 1. The lowest BCUT2D eigenvalue weighted by atomic mass is 9.53. The molecule has 168 valence electrons. The highest BCUT2D eigenvalue weighted by molar-refractivity contribution is 7.99. The normalized spacial score (nSPS) is 34.1. The fourth-order valence-electron chi connectivity index (χ4n) is 6.29. The van der Waals surface area contributed by atoms with E-state index in [0.29, 0.717) is 0 Å². The molecule has 6 atom stereocenters. The fourth-order valence-corrected chi connectivity index (χ4v) is 8.53. The molecule has 8 heteroatoms. The number of carbonyl (C=O) groups excluding carboxylic acids is 1. The zero-order valence-corrected chi connectivity index (χ0v) is 20.1. The first-order valence-electron chi connectivity index (χ1n) is 11.4. The first kappa shape index (κ1) is 21.5. The van der Waals surface area contributed by atoms with Gasteiger partial charge in [0.15, 0.2) is 0 Å². The Morgan fingerprint density at radius 3 is 2.87 bits per heavy atom. The Hall–Kier alpha value is -1.38. The third-order valence-electron chi connectivity index (χ3n) is 8.01. The van der Waals surface area contributed by atoms with Gasteiger partial charge in [0, 0.05) is 41.3 Å². The van der Waals surface area contributed by atoms with Gasteiger partial charge in [-0.2, -0.15) is 11.8 Å². The number of nitrogens with zero attached hydrogens (tertiary/aromatic N) is 3. The quantitative estimate of drug-likeness (QED) is 0.728. The van der Waals surface area contributed by atoms with Crippen LogP contribution in [0.15, 0.2) is 12.5 Å². The zero-order valence-electron chi connectivity index (χ0n) is 18.5. The Morgan fingerprint density at radius 2 is 2.16 bits per heavy atom. The molecule has 2 fully saturated rings. The number of imidazole rings is 1. The molecule has 2 aromatic heterocycles. The molecule has 1 saturated carbocycles. The van der Waals surface area contributed by atoms with E-state index in [1.165, 1.54) is 4.88 Å². The average Bonchev–Trinajstić information content (AvgIpc) is 3.43. The van der Waals surface area contributed by atoms with Gasteiger partial charge in [-0.25, -0.2) is 9.97 Å². The Morgan fingerprint density at radius 1 is 1.39 bits per heavy atom. The van der Waals surface area contributed by atoms with Gasteiger partial charge in [-0.15, -0.1) is 11.3 Å². The summed E-state index contributed by atoms with van der Waals surface area (Å²) < 4.78 is 0. The van der Waals surface area contributed by atoms with E-state index in [1.807, 2.05) is 29.8 Å². The maximum absolute atomic E-state index is 13.2. The van der Waals surface area contributed by atoms with Crippen LogP contribution in [0.3, 0.4) is 0 Å². The van der Waals surface area contributed by atoms with Gasteiger partial charge in [-0.05, 0) is 36.5 Å². The minimum atomic E-state index is -0.475. The van der Waals surface area contributed by atoms with Crippen molar-refractivity contribution >= 4 is 29.0 Å². The molecule has 0 spiro atoms. The number of nitrogens with one attached hydrogen (secondary N) is 1. The van der Waals surface area contributed by atoms with E-state index in [0.717, 1.165) is 60.3 Å². The number of hydrogen-bond donors (Lipinski definition) is 2. The van der Waals surface area contributed by atoms with Crippen LogP contribution in [-0.4, -0.2) is 61.6 Å². The second-order valence-corrected chi connectivity index (χ2v) is 12.2. The lowest BCUT2D eigenvalue weighted by Gasteiger charge is -2.53. The van der Waals surface area contributed by atoms with Crippen LogP contribution in [0.25, 0.3) is 10.7 Å².